The minimum atomic E-state index is -1.44. The van der Waals surface area contributed by atoms with Crippen LogP contribution < -0.4 is 5.46 Å². The highest BCUT2D eigenvalue weighted by Gasteiger charge is 2.19. The van der Waals surface area contributed by atoms with Crippen LogP contribution in [0.5, 0.6) is 0 Å². The van der Waals surface area contributed by atoms with Crippen LogP contribution in [0.15, 0.2) is 352 Å². The standard InChI is InChI=1S/C46H29N3.C24H18BNO2.C22H13ClN2/c1-2-13-35(14-3-1)49-43-20-9-8-17-38(43)41-28-33(25-26-44(41)49)31-23-21-30(22-24-31)32-11-10-12-34(27-32)42-29-47-45-39-18-6-4-15-36(39)37-16-5-7-19-40(37)46(45)48-42;27-25(28)19-13-10-17(11-14-19)18-12-15-24-22(16-18)21-8-4-5-9-23(21)26(24)20-6-2-1-3-7-20;23-15-7-5-6-14(12-15)20-13-24-21-18-10-3-1-8-16(18)17-9-2-4-11-19(17)22(21)25-20/h1-29H;1-16,27-28H;1-13H. The smallest absolute Gasteiger partial charge is 0.423 e. The largest absolute Gasteiger partial charge is 0.488 e. The summed E-state index contributed by atoms with van der Waals surface area (Å²) in [6.07, 6.45) is 3.74. The Bertz CT molecular complexity index is 6550. The fourth-order valence-electron chi connectivity index (χ4n) is 14.7. The first-order valence-electron chi connectivity index (χ1n) is 34.1. The number of fused-ring (bicyclic) bond motifs is 18. The third kappa shape index (κ3) is 11.1. The molecule has 0 atom stereocenters. The molecule has 8 nitrogen and oxygen atoms in total. The lowest BCUT2D eigenvalue weighted by Crippen LogP contribution is -2.29. The molecule has 4 heterocycles. The lowest BCUT2D eigenvalue weighted by Gasteiger charge is -2.11. The maximum absolute atomic E-state index is 9.31. The maximum atomic E-state index is 9.31. The van der Waals surface area contributed by atoms with E-state index in [1.165, 1.54) is 82.0 Å². The fourth-order valence-corrected chi connectivity index (χ4v) is 14.9. The predicted molar refractivity (Wildman–Crippen MR) is 426 cm³/mol. The van der Waals surface area contributed by atoms with Gasteiger partial charge in [0.25, 0.3) is 0 Å². The molecule has 16 aromatic carbocycles. The minimum absolute atomic E-state index is 0.491. The van der Waals surface area contributed by atoms with Gasteiger partial charge in [-0.15, -0.1) is 0 Å². The third-order valence-corrected chi connectivity index (χ3v) is 19.8. The molecule has 0 amide bonds. The van der Waals surface area contributed by atoms with Crippen molar-refractivity contribution in [3.63, 3.8) is 0 Å². The second-order valence-corrected chi connectivity index (χ2v) is 26.0. The molecule has 0 saturated carbocycles. The predicted octanol–water partition coefficient (Wildman–Crippen LogP) is 22.4. The monoisotopic (exact) mass is 1330 g/mol. The molecule has 480 valence electrons. The van der Waals surface area contributed by atoms with Crippen molar-refractivity contribution in [3.05, 3.63) is 357 Å². The van der Waals surface area contributed by atoms with Gasteiger partial charge in [-0.25, -0.2) is 9.97 Å². The van der Waals surface area contributed by atoms with Crippen LogP contribution in [0.1, 0.15) is 0 Å². The van der Waals surface area contributed by atoms with E-state index in [1.807, 2.05) is 67.0 Å². The van der Waals surface area contributed by atoms with Crippen LogP contribution in [0.25, 0.3) is 176 Å². The van der Waals surface area contributed by atoms with Gasteiger partial charge in [0.05, 0.1) is 67.9 Å². The zero-order valence-corrected chi connectivity index (χ0v) is 55.8. The van der Waals surface area contributed by atoms with E-state index in [1.54, 1.807) is 12.1 Å². The van der Waals surface area contributed by atoms with Gasteiger partial charge < -0.3 is 19.2 Å². The minimum Gasteiger partial charge on any atom is -0.423 e. The molecular formula is C92H60BClN6O2. The fraction of sp³-hybridized carbons (Fsp3) is 0. The topological polar surface area (TPSA) is 102 Å². The number of nitrogens with zero attached hydrogens (tertiary/aromatic N) is 6. The summed E-state index contributed by atoms with van der Waals surface area (Å²) in [6, 6.07) is 118. The van der Waals surface area contributed by atoms with Crippen molar-refractivity contribution < 1.29 is 10.0 Å². The summed E-state index contributed by atoms with van der Waals surface area (Å²) in [4.78, 5) is 19.9. The second kappa shape index (κ2) is 26.1. The molecule has 0 fully saturated rings. The van der Waals surface area contributed by atoms with Gasteiger partial charge in [0.15, 0.2) is 0 Å². The Kier molecular flexibility index (Phi) is 15.7. The summed E-state index contributed by atoms with van der Waals surface area (Å²) in [7, 11) is -1.44. The Morgan fingerprint density at radius 1 is 0.245 bits per heavy atom. The molecule has 102 heavy (non-hydrogen) atoms. The van der Waals surface area contributed by atoms with Crippen LogP contribution in [0.2, 0.25) is 5.02 Å². The van der Waals surface area contributed by atoms with E-state index >= 15 is 0 Å². The van der Waals surface area contributed by atoms with E-state index in [-0.39, 0.29) is 0 Å². The van der Waals surface area contributed by atoms with Crippen LogP contribution in [-0.2, 0) is 0 Å². The molecular weight excluding hydrogens is 1270 g/mol. The van der Waals surface area contributed by atoms with Gasteiger partial charge in [-0.05, 0) is 139 Å². The Labute approximate surface area is 592 Å². The number of hydrogen-bond donors (Lipinski definition) is 2. The van der Waals surface area contributed by atoms with Crippen molar-refractivity contribution in [1.82, 2.24) is 29.1 Å². The van der Waals surface area contributed by atoms with Gasteiger partial charge in [0, 0.05) is 70.6 Å². The molecule has 0 saturated heterocycles. The first-order chi connectivity index (χ1) is 50.3. The second-order valence-electron chi connectivity index (χ2n) is 25.6. The lowest BCUT2D eigenvalue weighted by molar-refractivity contribution is 0.426. The van der Waals surface area contributed by atoms with Crippen LogP contribution in [0.4, 0.5) is 0 Å². The highest BCUT2D eigenvalue weighted by atomic mass is 35.5. The molecule has 4 aromatic heterocycles. The van der Waals surface area contributed by atoms with Crippen LogP contribution in [-0.4, -0.2) is 46.2 Å². The third-order valence-electron chi connectivity index (χ3n) is 19.6. The number of benzene rings is 16. The van der Waals surface area contributed by atoms with Gasteiger partial charge in [-0.1, -0.05) is 272 Å². The highest BCUT2D eigenvalue weighted by Crippen LogP contribution is 2.40. The molecule has 2 N–H and O–H groups in total. The molecule has 0 bridgehead atoms. The molecule has 0 aliphatic carbocycles. The Balaban J connectivity index is 0.000000119. The molecule has 0 aliphatic rings. The lowest BCUT2D eigenvalue weighted by atomic mass is 9.80. The molecule has 20 rings (SSSR count). The summed E-state index contributed by atoms with van der Waals surface area (Å²) >= 11 is 6.14. The van der Waals surface area contributed by atoms with Crippen LogP contribution in [0.3, 0.4) is 0 Å². The average molecular weight is 1330 g/mol. The first kappa shape index (κ1) is 61.4. The SMILES string of the molecule is Clc1cccc(-c2cnc3c4ccccc4c4ccccc4c3n2)c1.OB(O)c1ccc(-c2ccc3c(c2)c2ccccc2n3-c2ccccc2)cc1.c1ccc(-n2c3ccccc3c3cc(-c4ccc(-c5cccc(-c6cnc7c8ccccc8c8ccccc8c7n6)c5)cc4)ccc32)cc1. The van der Waals surface area contributed by atoms with Crippen molar-refractivity contribution in [2.45, 2.75) is 0 Å². The van der Waals surface area contributed by atoms with E-state index in [0.29, 0.717) is 10.5 Å². The zero-order chi connectivity index (χ0) is 68.2. The van der Waals surface area contributed by atoms with Crippen LogP contribution in [0, 0.1) is 0 Å². The van der Waals surface area contributed by atoms with E-state index < -0.39 is 7.12 Å². The first-order valence-corrected chi connectivity index (χ1v) is 34.4. The summed E-state index contributed by atoms with van der Waals surface area (Å²) in [5.74, 6) is 0. The number of hydrogen-bond acceptors (Lipinski definition) is 6. The van der Waals surface area contributed by atoms with Gasteiger partial charge in [0.1, 0.15) is 0 Å². The average Bonchev–Trinajstić information content (AvgIpc) is 1.34. The van der Waals surface area contributed by atoms with Gasteiger partial charge in [0.2, 0.25) is 0 Å². The van der Waals surface area contributed by atoms with E-state index in [0.717, 1.165) is 94.1 Å². The number of para-hydroxylation sites is 4. The van der Waals surface area contributed by atoms with Crippen molar-refractivity contribution in [1.29, 1.82) is 0 Å². The van der Waals surface area contributed by atoms with Crippen LogP contribution >= 0.6 is 11.6 Å². The van der Waals surface area contributed by atoms with Crippen molar-refractivity contribution in [2.24, 2.45) is 0 Å². The molecule has 0 unspecified atom stereocenters. The molecule has 10 heteroatoms. The molecule has 0 aliphatic heterocycles. The van der Waals surface area contributed by atoms with E-state index in [2.05, 4.69) is 282 Å². The summed E-state index contributed by atoms with van der Waals surface area (Å²) in [5.41, 5.74) is 21.9. The molecule has 0 spiro atoms. The van der Waals surface area contributed by atoms with Crippen molar-refractivity contribution in [2.75, 3.05) is 0 Å². The Morgan fingerprint density at radius 3 is 0.990 bits per heavy atom. The summed E-state index contributed by atoms with van der Waals surface area (Å²) in [5, 5.41) is 33.5. The van der Waals surface area contributed by atoms with E-state index in [4.69, 9.17) is 31.5 Å². The number of halogens is 1. The zero-order valence-electron chi connectivity index (χ0n) is 55.0. The van der Waals surface area contributed by atoms with E-state index in [9.17, 15) is 10.0 Å². The molecule has 20 aromatic rings. The Morgan fingerprint density at radius 2 is 0.569 bits per heavy atom. The maximum Gasteiger partial charge on any atom is 0.488 e. The quantitative estimate of drug-likeness (QED) is 0.116. The number of aromatic nitrogens is 6. The number of rotatable bonds is 8. The normalized spacial score (nSPS) is 11.5. The Hall–Kier alpha value is -12.9. The highest BCUT2D eigenvalue weighted by molar-refractivity contribution is 6.58. The van der Waals surface area contributed by atoms with Gasteiger partial charge in [-0.3, -0.25) is 9.97 Å². The van der Waals surface area contributed by atoms with Crippen molar-refractivity contribution >= 4 is 133 Å². The van der Waals surface area contributed by atoms with Crippen molar-refractivity contribution in [3.8, 4) is 67.3 Å². The summed E-state index contributed by atoms with van der Waals surface area (Å²) < 4.78 is 4.65. The summed E-state index contributed by atoms with van der Waals surface area (Å²) in [6.45, 7) is 0. The van der Waals surface area contributed by atoms with Gasteiger partial charge >= 0.3 is 7.12 Å². The molecule has 0 radical (unpaired) electrons. The van der Waals surface area contributed by atoms with Gasteiger partial charge in [-0.2, -0.15) is 0 Å².